The Hall–Kier alpha value is -7.21. The highest BCUT2D eigenvalue weighted by Gasteiger charge is 2.13. The molecule has 54 heavy (non-hydrogen) atoms. The van der Waals surface area contributed by atoms with Crippen LogP contribution in [0.25, 0.3) is 50.4 Å². The summed E-state index contributed by atoms with van der Waals surface area (Å²) in [6, 6.07) is 35.6. The fourth-order valence-corrected chi connectivity index (χ4v) is 6.61. The summed E-state index contributed by atoms with van der Waals surface area (Å²) in [6.45, 7) is 2.41. The Kier molecular flexibility index (Phi) is 8.52. The van der Waals surface area contributed by atoms with Gasteiger partial charge in [-0.25, -0.2) is 0 Å². The maximum absolute atomic E-state index is 13.3. The number of aromatic nitrogens is 10. The van der Waals surface area contributed by atoms with Gasteiger partial charge in [-0.2, -0.15) is 19.2 Å². The number of carbonyl (C=O) groups is 1. The van der Waals surface area contributed by atoms with Crippen molar-refractivity contribution in [2.45, 2.75) is 26.2 Å². The highest BCUT2D eigenvalue weighted by molar-refractivity contribution is 5.95. The molecule has 12 nitrogen and oxygen atoms in total. The van der Waals surface area contributed by atoms with Gasteiger partial charge in [-0.3, -0.25) is 14.8 Å². The molecule has 0 aliphatic rings. The van der Waals surface area contributed by atoms with E-state index in [1.807, 2.05) is 97.9 Å². The zero-order valence-electron chi connectivity index (χ0n) is 29.3. The molecule has 0 radical (unpaired) electrons. The molecule has 262 valence electrons. The summed E-state index contributed by atoms with van der Waals surface area (Å²) in [4.78, 5) is 22.5. The number of hydrogen-bond acceptors (Lipinski definition) is 9. The normalized spacial score (nSPS) is 11.7. The lowest BCUT2D eigenvalue weighted by Crippen LogP contribution is -2.25. The first kappa shape index (κ1) is 32.7. The third kappa shape index (κ3) is 6.63. The van der Waals surface area contributed by atoms with Crippen LogP contribution in [0.1, 0.15) is 51.4 Å². The van der Waals surface area contributed by atoms with E-state index < -0.39 is 0 Å². The van der Waals surface area contributed by atoms with E-state index in [-0.39, 0.29) is 5.91 Å². The molecule has 0 fully saturated rings. The number of rotatable bonds is 10. The Morgan fingerprint density at radius 2 is 1.44 bits per heavy atom. The Balaban J connectivity index is 0.847. The van der Waals surface area contributed by atoms with Crippen molar-refractivity contribution in [3.8, 4) is 11.3 Å². The van der Waals surface area contributed by atoms with Crippen LogP contribution in [-0.2, 0) is 19.3 Å². The summed E-state index contributed by atoms with van der Waals surface area (Å²) in [5.74, 6) is 1.34. The van der Waals surface area contributed by atoms with Gasteiger partial charge in [0.25, 0.3) is 5.91 Å². The van der Waals surface area contributed by atoms with Crippen molar-refractivity contribution in [1.29, 1.82) is 0 Å². The SMILES string of the molecule is C/C=C/c1ccc2nnc(Cc3ccc4nc(CCNC(=O)c5cccc(-c6ccc7nnc(Cc8ccc9ncccc9c8)n7n6)c5)ccc4c3)n2n1. The molecule has 0 aliphatic carbocycles. The minimum absolute atomic E-state index is 0.160. The van der Waals surface area contributed by atoms with Crippen molar-refractivity contribution in [1.82, 2.24) is 54.9 Å². The Morgan fingerprint density at radius 3 is 2.24 bits per heavy atom. The molecular formula is C42H33N11O. The van der Waals surface area contributed by atoms with Crippen LogP contribution in [0.2, 0.25) is 0 Å². The summed E-state index contributed by atoms with van der Waals surface area (Å²) in [7, 11) is 0. The molecule has 0 unspecified atom stereocenters. The fourth-order valence-electron chi connectivity index (χ4n) is 6.61. The van der Waals surface area contributed by atoms with E-state index in [0.29, 0.717) is 42.7 Å². The maximum atomic E-state index is 13.3. The number of nitrogens with one attached hydrogen (secondary N) is 1. The van der Waals surface area contributed by atoms with E-state index in [1.54, 1.807) is 15.2 Å². The molecule has 6 aromatic heterocycles. The molecule has 12 heteroatoms. The molecule has 1 N–H and O–H groups in total. The lowest BCUT2D eigenvalue weighted by atomic mass is 10.1. The average Bonchev–Trinajstić information content (AvgIpc) is 3.80. The van der Waals surface area contributed by atoms with Gasteiger partial charge in [0, 0.05) is 59.6 Å². The summed E-state index contributed by atoms with van der Waals surface area (Å²) in [5, 5.41) is 32.1. The van der Waals surface area contributed by atoms with Crippen LogP contribution >= 0.6 is 0 Å². The van der Waals surface area contributed by atoms with E-state index in [9.17, 15) is 4.79 Å². The van der Waals surface area contributed by atoms with Crippen molar-refractivity contribution in [3.63, 3.8) is 0 Å². The van der Waals surface area contributed by atoms with Crippen molar-refractivity contribution in [3.05, 3.63) is 161 Å². The number of allylic oxidation sites excluding steroid dienone is 1. The maximum Gasteiger partial charge on any atom is 0.251 e. The summed E-state index contributed by atoms with van der Waals surface area (Å²) >= 11 is 0. The van der Waals surface area contributed by atoms with Gasteiger partial charge in [-0.1, -0.05) is 42.5 Å². The molecule has 0 aliphatic heterocycles. The van der Waals surface area contributed by atoms with Crippen LogP contribution in [0, 0.1) is 0 Å². The predicted molar refractivity (Wildman–Crippen MR) is 207 cm³/mol. The summed E-state index contributed by atoms with van der Waals surface area (Å²) in [5.41, 5.74) is 9.24. The number of benzene rings is 3. The number of pyridine rings is 2. The Bertz CT molecular complexity index is 2870. The third-order valence-corrected chi connectivity index (χ3v) is 9.30. The van der Waals surface area contributed by atoms with Gasteiger partial charge in [0.2, 0.25) is 0 Å². The van der Waals surface area contributed by atoms with Crippen molar-refractivity contribution in [2.24, 2.45) is 0 Å². The van der Waals surface area contributed by atoms with E-state index in [4.69, 9.17) is 10.1 Å². The van der Waals surface area contributed by atoms with Crippen LogP contribution in [-0.4, -0.2) is 62.0 Å². The standard InChI is InChI=1S/C42H33N11O/c1-2-5-34-13-17-38-46-48-40(52(38)50-34)24-28-10-15-36-31(23-28)11-12-33(45-36)19-21-44-42(54)32-7-3-6-30(26-32)37-16-18-39-47-49-41(53(39)51-37)25-27-9-14-35-29(22-27)8-4-20-43-35/h2-18,20,22-23,26H,19,21,24-25H2,1H3,(H,44,54)/b5-2+. The molecule has 0 saturated heterocycles. The number of hydrogen-bond donors (Lipinski definition) is 1. The second kappa shape index (κ2) is 14.1. The van der Waals surface area contributed by atoms with Crippen molar-refractivity contribution >= 4 is 45.1 Å². The predicted octanol–water partition coefficient (Wildman–Crippen LogP) is 6.51. The second-order valence-corrected chi connectivity index (χ2v) is 13.0. The number of nitrogens with zero attached hydrogens (tertiary/aromatic N) is 10. The van der Waals surface area contributed by atoms with Crippen LogP contribution in [0.5, 0.6) is 0 Å². The van der Waals surface area contributed by atoms with Crippen LogP contribution < -0.4 is 5.32 Å². The van der Waals surface area contributed by atoms with Gasteiger partial charge in [0.15, 0.2) is 22.9 Å². The molecular weight excluding hydrogens is 675 g/mol. The number of amides is 1. The lowest BCUT2D eigenvalue weighted by Gasteiger charge is -2.09. The van der Waals surface area contributed by atoms with Gasteiger partial charge in [-0.15, -0.1) is 20.4 Å². The van der Waals surface area contributed by atoms with E-state index in [0.717, 1.165) is 67.2 Å². The van der Waals surface area contributed by atoms with Crippen LogP contribution in [0.3, 0.4) is 0 Å². The molecule has 6 heterocycles. The van der Waals surface area contributed by atoms with Gasteiger partial charge in [0.1, 0.15) is 0 Å². The number of fused-ring (bicyclic) bond motifs is 4. The van der Waals surface area contributed by atoms with E-state index >= 15 is 0 Å². The highest BCUT2D eigenvalue weighted by Crippen LogP contribution is 2.22. The number of carbonyl (C=O) groups excluding carboxylic acids is 1. The Morgan fingerprint density at radius 1 is 0.704 bits per heavy atom. The van der Waals surface area contributed by atoms with Gasteiger partial charge in [-0.05, 0) is 96.9 Å². The Labute approximate surface area is 309 Å². The summed E-state index contributed by atoms with van der Waals surface area (Å²) in [6.07, 6.45) is 7.45. The molecule has 0 saturated carbocycles. The van der Waals surface area contributed by atoms with Gasteiger partial charge in [0.05, 0.1) is 22.4 Å². The molecule has 3 aromatic carbocycles. The first-order valence-corrected chi connectivity index (χ1v) is 17.7. The first-order chi connectivity index (χ1) is 26.6. The first-order valence-electron chi connectivity index (χ1n) is 17.7. The van der Waals surface area contributed by atoms with Crippen LogP contribution in [0.4, 0.5) is 0 Å². The zero-order valence-corrected chi connectivity index (χ0v) is 29.3. The van der Waals surface area contributed by atoms with Crippen LogP contribution in [0.15, 0.2) is 121 Å². The lowest BCUT2D eigenvalue weighted by molar-refractivity contribution is 0.0954. The minimum Gasteiger partial charge on any atom is -0.352 e. The zero-order chi connectivity index (χ0) is 36.4. The monoisotopic (exact) mass is 707 g/mol. The summed E-state index contributed by atoms with van der Waals surface area (Å²) < 4.78 is 3.56. The van der Waals surface area contributed by atoms with Crippen molar-refractivity contribution in [2.75, 3.05) is 6.54 Å². The smallest absolute Gasteiger partial charge is 0.251 e. The average molecular weight is 708 g/mol. The molecule has 0 bridgehead atoms. The largest absolute Gasteiger partial charge is 0.352 e. The molecule has 1 amide bonds. The molecule has 9 rings (SSSR count). The molecule has 0 spiro atoms. The fraction of sp³-hybridized carbons (Fsp3) is 0.119. The topological polar surface area (TPSA) is 141 Å². The van der Waals surface area contributed by atoms with Crippen molar-refractivity contribution < 1.29 is 4.79 Å². The third-order valence-electron chi connectivity index (χ3n) is 9.30. The van der Waals surface area contributed by atoms with Gasteiger partial charge >= 0.3 is 0 Å². The molecule has 0 atom stereocenters. The van der Waals surface area contributed by atoms with E-state index in [1.165, 1.54) is 0 Å². The highest BCUT2D eigenvalue weighted by atomic mass is 16.1. The van der Waals surface area contributed by atoms with E-state index in [2.05, 4.69) is 66.1 Å². The minimum atomic E-state index is -0.160. The second-order valence-electron chi connectivity index (χ2n) is 13.0. The molecule has 9 aromatic rings. The quantitative estimate of drug-likeness (QED) is 0.168. The van der Waals surface area contributed by atoms with Gasteiger partial charge < -0.3 is 5.32 Å².